The molecule has 5 fully saturated rings. The third kappa shape index (κ3) is 3.21. The molecule has 1 heterocycles. The van der Waals surface area contributed by atoms with E-state index in [1.54, 1.807) is 0 Å². The van der Waals surface area contributed by atoms with E-state index in [1.165, 1.54) is 55.9 Å². The van der Waals surface area contributed by atoms with Crippen molar-refractivity contribution in [2.24, 2.45) is 23.7 Å². The van der Waals surface area contributed by atoms with Gasteiger partial charge in [0.25, 0.3) is 0 Å². The van der Waals surface area contributed by atoms with Crippen LogP contribution in [0, 0.1) is 23.7 Å². The van der Waals surface area contributed by atoms with Gasteiger partial charge in [0.15, 0.2) is 0 Å². The topological polar surface area (TPSA) is 60.8 Å². The highest BCUT2D eigenvalue weighted by Crippen LogP contribution is 2.62. The Morgan fingerprint density at radius 2 is 1.64 bits per heavy atom. The molecule has 1 aromatic rings. The van der Waals surface area contributed by atoms with Crippen molar-refractivity contribution >= 4 is 11.7 Å². The minimum Gasteiger partial charge on any atom is -0.508 e. The van der Waals surface area contributed by atoms with Gasteiger partial charge in [0.2, 0.25) is 0 Å². The molecular formula is C24H31NO3. The Kier molecular flexibility index (Phi) is 4.41. The Labute approximate surface area is 167 Å². The fourth-order valence-corrected chi connectivity index (χ4v) is 7.15. The molecule has 4 heteroatoms. The Morgan fingerprint density at radius 3 is 2.21 bits per heavy atom. The number of hydrogen-bond donors (Lipinski definition) is 2. The number of carboxylic acid groups (broad SMARTS) is 1. The largest absolute Gasteiger partial charge is 0.508 e. The summed E-state index contributed by atoms with van der Waals surface area (Å²) in [5, 5.41) is 19.6. The molecule has 1 aromatic carbocycles. The van der Waals surface area contributed by atoms with Gasteiger partial charge in [0, 0.05) is 30.4 Å². The molecule has 6 rings (SSSR count). The van der Waals surface area contributed by atoms with Crippen LogP contribution < -0.4 is 4.90 Å². The van der Waals surface area contributed by atoms with Crippen molar-refractivity contribution in [2.45, 2.75) is 56.8 Å². The average Bonchev–Trinajstić information content (AvgIpc) is 2.66. The monoisotopic (exact) mass is 381 g/mol. The van der Waals surface area contributed by atoms with Crippen LogP contribution in [0.1, 0.15) is 56.9 Å². The lowest BCUT2D eigenvalue weighted by Gasteiger charge is -2.57. The van der Waals surface area contributed by atoms with E-state index in [1.807, 2.05) is 12.1 Å². The van der Waals surface area contributed by atoms with Crippen molar-refractivity contribution in [3.63, 3.8) is 0 Å². The molecule has 0 amide bonds. The van der Waals surface area contributed by atoms with Gasteiger partial charge in [-0.1, -0.05) is 6.08 Å². The SMILES string of the molecule is O=C(O)/C=C/C1CCN(c2ccc(O)c(C34CC5CC(CC(C5)C3)C4)c2)CC1. The fourth-order valence-electron chi connectivity index (χ4n) is 7.15. The number of aliphatic carboxylic acids is 1. The van der Waals surface area contributed by atoms with E-state index in [0.29, 0.717) is 11.7 Å². The molecule has 2 N–H and O–H groups in total. The summed E-state index contributed by atoms with van der Waals surface area (Å²) >= 11 is 0. The first kappa shape index (κ1) is 18.1. The maximum atomic E-state index is 10.8. The van der Waals surface area contributed by atoms with Gasteiger partial charge in [-0.25, -0.2) is 4.79 Å². The van der Waals surface area contributed by atoms with E-state index in [-0.39, 0.29) is 5.41 Å². The van der Waals surface area contributed by atoms with Crippen LogP contribution in [0.15, 0.2) is 30.4 Å². The Hall–Kier alpha value is -1.97. The third-order valence-corrected chi connectivity index (χ3v) is 8.01. The zero-order valence-corrected chi connectivity index (χ0v) is 16.5. The lowest BCUT2D eigenvalue weighted by atomic mass is 9.48. The minimum atomic E-state index is -0.860. The predicted molar refractivity (Wildman–Crippen MR) is 110 cm³/mol. The molecule has 150 valence electrons. The number of allylic oxidation sites excluding steroid dienone is 1. The first-order valence-electron chi connectivity index (χ1n) is 11.0. The van der Waals surface area contributed by atoms with Gasteiger partial charge < -0.3 is 15.1 Å². The zero-order valence-electron chi connectivity index (χ0n) is 16.5. The number of anilines is 1. The second-order valence-corrected chi connectivity index (χ2v) is 9.92. The molecule has 1 aliphatic heterocycles. The van der Waals surface area contributed by atoms with Crippen LogP contribution in [-0.2, 0) is 10.2 Å². The second kappa shape index (κ2) is 6.82. The fraction of sp³-hybridized carbons (Fsp3) is 0.625. The third-order valence-electron chi connectivity index (χ3n) is 8.01. The number of aromatic hydroxyl groups is 1. The first-order valence-corrected chi connectivity index (χ1v) is 11.0. The molecule has 4 bridgehead atoms. The van der Waals surface area contributed by atoms with Crippen molar-refractivity contribution in [2.75, 3.05) is 18.0 Å². The highest BCUT2D eigenvalue weighted by atomic mass is 16.4. The number of piperidine rings is 1. The first-order chi connectivity index (χ1) is 13.5. The summed E-state index contributed by atoms with van der Waals surface area (Å²) in [4.78, 5) is 13.2. The van der Waals surface area contributed by atoms with Crippen molar-refractivity contribution in [1.82, 2.24) is 0 Å². The van der Waals surface area contributed by atoms with E-state index >= 15 is 0 Å². The molecule has 4 nitrogen and oxygen atoms in total. The van der Waals surface area contributed by atoms with E-state index in [0.717, 1.165) is 43.7 Å². The lowest BCUT2D eigenvalue weighted by Crippen LogP contribution is -2.48. The quantitative estimate of drug-likeness (QED) is 0.741. The van der Waals surface area contributed by atoms with Crippen LogP contribution >= 0.6 is 0 Å². The van der Waals surface area contributed by atoms with Crippen LogP contribution in [0.4, 0.5) is 5.69 Å². The molecule has 5 aliphatic rings. The van der Waals surface area contributed by atoms with Crippen LogP contribution in [0.5, 0.6) is 5.75 Å². The van der Waals surface area contributed by atoms with Crippen molar-refractivity contribution in [3.05, 3.63) is 35.9 Å². The van der Waals surface area contributed by atoms with Crippen molar-refractivity contribution in [1.29, 1.82) is 0 Å². The molecule has 0 unspecified atom stereocenters. The zero-order chi connectivity index (χ0) is 19.3. The van der Waals surface area contributed by atoms with E-state index in [4.69, 9.17) is 5.11 Å². The summed E-state index contributed by atoms with van der Waals surface area (Å²) in [7, 11) is 0. The van der Waals surface area contributed by atoms with Crippen molar-refractivity contribution in [3.8, 4) is 5.75 Å². The van der Waals surface area contributed by atoms with Crippen LogP contribution in [0.2, 0.25) is 0 Å². The van der Waals surface area contributed by atoms with Crippen LogP contribution in [0.3, 0.4) is 0 Å². The van der Waals surface area contributed by atoms with Gasteiger partial charge in [-0.15, -0.1) is 0 Å². The highest BCUT2D eigenvalue weighted by Gasteiger charge is 2.52. The summed E-state index contributed by atoms with van der Waals surface area (Å²) in [6.45, 7) is 1.89. The summed E-state index contributed by atoms with van der Waals surface area (Å²) in [5.41, 5.74) is 2.64. The minimum absolute atomic E-state index is 0.206. The summed E-state index contributed by atoms with van der Waals surface area (Å²) in [6.07, 6.45) is 13.1. The second-order valence-electron chi connectivity index (χ2n) is 9.92. The molecule has 0 aromatic heterocycles. The van der Waals surface area contributed by atoms with Crippen molar-refractivity contribution < 1.29 is 15.0 Å². The number of nitrogens with zero attached hydrogens (tertiary/aromatic N) is 1. The lowest BCUT2D eigenvalue weighted by molar-refractivity contribution is -0.131. The van der Waals surface area contributed by atoms with Gasteiger partial charge in [0.1, 0.15) is 5.75 Å². The molecule has 28 heavy (non-hydrogen) atoms. The predicted octanol–water partition coefficient (Wildman–Crippen LogP) is 4.72. The number of carboxylic acids is 1. The summed E-state index contributed by atoms with van der Waals surface area (Å²) in [6, 6.07) is 6.27. The standard InChI is InChI=1S/C24H31NO3/c26-22-3-2-20(25-7-5-16(6-8-25)1-4-23(27)28)12-21(22)24-13-17-9-18(14-24)11-19(10-17)15-24/h1-4,12,16-19,26H,5-11,13-15H2,(H,27,28)/b4-1+. The summed E-state index contributed by atoms with van der Waals surface area (Å²) < 4.78 is 0. The maximum absolute atomic E-state index is 10.8. The Bertz CT molecular complexity index is 756. The van der Waals surface area contributed by atoms with E-state index in [2.05, 4.69) is 17.0 Å². The number of carbonyl (C=O) groups is 1. The van der Waals surface area contributed by atoms with Gasteiger partial charge >= 0.3 is 5.97 Å². The molecule has 4 saturated carbocycles. The normalized spacial score (nSPS) is 35.0. The molecule has 0 spiro atoms. The molecular weight excluding hydrogens is 350 g/mol. The van der Waals surface area contributed by atoms with Crippen LogP contribution in [-0.4, -0.2) is 29.3 Å². The Balaban J connectivity index is 1.35. The number of benzene rings is 1. The molecule has 1 saturated heterocycles. The Morgan fingerprint density at radius 1 is 1.04 bits per heavy atom. The number of phenols is 1. The summed E-state index contributed by atoms with van der Waals surface area (Å²) in [5.74, 6) is 2.58. The average molecular weight is 382 g/mol. The number of rotatable bonds is 4. The number of phenolic OH excluding ortho intramolecular Hbond substituents is 1. The number of hydrogen-bond acceptors (Lipinski definition) is 3. The highest BCUT2D eigenvalue weighted by molar-refractivity contribution is 5.79. The van der Waals surface area contributed by atoms with Crippen LogP contribution in [0.25, 0.3) is 0 Å². The molecule has 0 radical (unpaired) electrons. The smallest absolute Gasteiger partial charge is 0.327 e. The molecule has 4 aliphatic carbocycles. The molecule has 0 atom stereocenters. The van der Waals surface area contributed by atoms with E-state index in [9.17, 15) is 9.90 Å². The van der Waals surface area contributed by atoms with Gasteiger partial charge in [-0.3, -0.25) is 0 Å². The van der Waals surface area contributed by atoms with Gasteiger partial charge in [-0.05, 0) is 98.7 Å². The van der Waals surface area contributed by atoms with Gasteiger partial charge in [-0.2, -0.15) is 0 Å². The van der Waals surface area contributed by atoms with Gasteiger partial charge in [0.05, 0.1) is 0 Å². The van der Waals surface area contributed by atoms with E-state index < -0.39 is 5.97 Å². The maximum Gasteiger partial charge on any atom is 0.327 e.